The van der Waals surface area contributed by atoms with Gasteiger partial charge in [-0.15, -0.1) is 0 Å². The Hall–Kier alpha value is -3.16. The first-order valence-corrected chi connectivity index (χ1v) is 7.34. The fraction of sp³-hybridized carbons (Fsp3) is 0.188. The third-order valence-electron chi connectivity index (χ3n) is 3.76. The van der Waals surface area contributed by atoms with Gasteiger partial charge < -0.3 is 15.3 Å². The van der Waals surface area contributed by atoms with Crippen LogP contribution < -0.4 is 11.0 Å². The molecule has 0 saturated heterocycles. The number of nitrogens with one attached hydrogen (secondary N) is 3. The van der Waals surface area contributed by atoms with Gasteiger partial charge in [-0.2, -0.15) is 5.10 Å². The van der Waals surface area contributed by atoms with E-state index >= 15 is 0 Å². The number of benzene rings is 1. The Kier molecular flexibility index (Phi) is 4.03. The molecule has 0 aliphatic rings. The second kappa shape index (κ2) is 6.15. The molecule has 8 heteroatoms. The van der Waals surface area contributed by atoms with Gasteiger partial charge in [0, 0.05) is 17.5 Å². The van der Waals surface area contributed by atoms with Gasteiger partial charge in [0.1, 0.15) is 11.5 Å². The molecule has 2 heterocycles. The summed E-state index contributed by atoms with van der Waals surface area (Å²) in [5.41, 5.74) is 1.90. The van der Waals surface area contributed by atoms with Gasteiger partial charge in [0.15, 0.2) is 0 Å². The summed E-state index contributed by atoms with van der Waals surface area (Å²) >= 11 is 0. The van der Waals surface area contributed by atoms with Gasteiger partial charge in [-0.25, -0.2) is 13.9 Å². The van der Waals surface area contributed by atoms with Crippen LogP contribution in [-0.2, 0) is 0 Å². The molecule has 1 atom stereocenters. The number of halogens is 1. The number of nitrogens with zero attached hydrogens (tertiary/aromatic N) is 2. The van der Waals surface area contributed by atoms with Gasteiger partial charge in [-0.05, 0) is 32.0 Å². The average molecular weight is 329 g/mol. The van der Waals surface area contributed by atoms with Crippen molar-refractivity contribution in [1.82, 2.24) is 25.1 Å². The van der Waals surface area contributed by atoms with E-state index in [2.05, 4.69) is 20.4 Å². The molecule has 0 spiro atoms. The molecule has 0 saturated carbocycles. The zero-order valence-corrected chi connectivity index (χ0v) is 13.1. The average Bonchev–Trinajstić information content (AvgIpc) is 3.13. The monoisotopic (exact) mass is 329 g/mol. The molecule has 1 amide bonds. The normalized spacial score (nSPS) is 12.1. The lowest BCUT2D eigenvalue weighted by molar-refractivity contribution is 0.0935. The lowest BCUT2D eigenvalue weighted by atomic mass is 10.1. The van der Waals surface area contributed by atoms with Crippen molar-refractivity contribution < 1.29 is 9.18 Å². The summed E-state index contributed by atoms with van der Waals surface area (Å²) < 4.78 is 15.0. The van der Waals surface area contributed by atoms with Gasteiger partial charge in [-0.3, -0.25) is 4.79 Å². The van der Waals surface area contributed by atoms with Crippen molar-refractivity contribution in [2.75, 3.05) is 0 Å². The highest BCUT2D eigenvalue weighted by Gasteiger charge is 2.18. The fourth-order valence-corrected chi connectivity index (χ4v) is 2.52. The van der Waals surface area contributed by atoms with Crippen molar-refractivity contribution in [3.8, 4) is 5.69 Å². The predicted octanol–water partition coefficient (Wildman–Crippen LogP) is 1.83. The molecule has 0 radical (unpaired) electrons. The van der Waals surface area contributed by atoms with Crippen LogP contribution in [0.3, 0.4) is 0 Å². The van der Waals surface area contributed by atoms with Gasteiger partial charge in [0.05, 0.1) is 17.9 Å². The quantitative estimate of drug-likeness (QED) is 0.681. The smallest absolute Gasteiger partial charge is 0.323 e. The van der Waals surface area contributed by atoms with Crippen molar-refractivity contribution in [3.05, 3.63) is 69.9 Å². The van der Waals surface area contributed by atoms with Crippen LogP contribution in [0.25, 0.3) is 5.69 Å². The van der Waals surface area contributed by atoms with Gasteiger partial charge >= 0.3 is 5.69 Å². The van der Waals surface area contributed by atoms with Crippen molar-refractivity contribution in [2.45, 2.75) is 19.9 Å². The lowest BCUT2D eigenvalue weighted by Gasteiger charge is -2.13. The maximum Gasteiger partial charge on any atom is 0.323 e. The van der Waals surface area contributed by atoms with E-state index in [1.807, 2.05) is 13.8 Å². The molecule has 7 nitrogen and oxygen atoms in total. The minimum atomic E-state index is -0.442. The molecular weight excluding hydrogens is 313 g/mol. The summed E-state index contributed by atoms with van der Waals surface area (Å²) in [6.07, 6.45) is 2.94. The Labute approximate surface area is 136 Å². The van der Waals surface area contributed by atoms with Gasteiger partial charge in [-0.1, -0.05) is 6.07 Å². The fourth-order valence-electron chi connectivity index (χ4n) is 2.52. The minimum Gasteiger partial charge on any atom is -0.344 e. The molecule has 0 aliphatic carbocycles. The second-order valence-corrected chi connectivity index (χ2v) is 5.43. The summed E-state index contributed by atoms with van der Waals surface area (Å²) in [6, 6.07) is 5.78. The van der Waals surface area contributed by atoms with Crippen molar-refractivity contribution in [2.24, 2.45) is 0 Å². The molecule has 124 valence electrons. The van der Waals surface area contributed by atoms with Crippen molar-refractivity contribution >= 4 is 5.91 Å². The highest BCUT2D eigenvalue weighted by atomic mass is 19.1. The number of amides is 1. The Morgan fingerprint density at radius 1 is 1.42 bits per heavy atom. The number of aromatic nitrogens is 4. The Morgan fingerprint density at radius 2 is 2.21 bits per heavy atom. The topological polar surface area (TPSA) is 95.6 Å². The molecule has 0 bridgehead atoms. The Morgan fingerprint density at radius 3 is 2.88 bits per heavy atom. The number of H-pyrrole nitrogens is 2. The number of carbonyl (C=O) groups is 1. The van der Waals surface area contributed by atoms with Gasteiger partial charge in [0.25, 0.3) is 5.91 Å². The summed E-state index contributed by atoms with van der Waals surface area (Å²) in [6.45, 7) is 3.65. The number of hydrogen-bond acceptors (Lipinski definition) is 3. The molecule has 0 fully saturated rings. The van der Waals surface area contributed by atoms with E-state index in [4.69, 9.17) is 0 Å². The first-order chi connectivity index (χ1) is 11.5. The van der Waals surface area contributed by atoms with Crippen LogP contribution in [0.15, 0.2) is 41.5 Å². The van der Waals surface area contributed by atoms with E-state index in [0.717, 1.165) is 11.3 Å². The number of hydrogen-bond donors (Lipinski definition) is 3. The lowest BCUT2D eigenvalue weighted by Crippen LogP contribution is -2.27. The molecule has 1 unspecified atom stereocenters. The molecule has 24 heavy (non-hydrogen) atoms. The SMILES string of the molecule is Cc1c(C(C)NC(=O)c2c[nH]c(=O)[nH]2)cnn1-c1cccc(F)c1. The third-order valence-corrected chi connectivity index (χ3v) is 3.76. The van der Waals surface area contributed by atoms with Crippen LogP contribution in [0, 0.1) is 12.7 Å². The van der Waals surface area contributed by atoms with Crippen LogP contribution in [-0.4, -0.2) is 25.7 Å². The Balaban J connectivity index is 1.82. The number of rotatable bonds is 4. The first-order valence-electron chi connectivity index (χ1n) is 7.34. The molecule has 3 N–H and O–H groups in total. The largest absolute Gasteiger partial charge is 0.344 e. The van der Waals surface area contributed by atoms with Crippen LogP contribution in [0.2, 0.25) is 0 Å². The van der Waals surface area contributed by atoms with Crippen LogP contribution >= 0.6 is 0 Å². The van der Waals surface area contributed by atoms with Crippen molar-refractivity contribution in [1.29, 1.82) is 0 Å². The summed E-state index contributed by atoms with van der Waals surface area (Å²) in [5, 5.41) is 7.05. The van der Waals surface area contributed by atoms with E-state index in [1.54, 1.807) is 23.0 Å². The van der Waals surface area contributed by atoms with Crippen LogP contribution in [0.1, 0.15) is 34.7 Å². The standard InChI is InChI=1S/C16H16FN5O2/c1-9(20-15(23)14-8-18-16(24)21-14)13-7-19-22(10(13)2)12-5-3-4-11(17)6-12/h3-9H,1-2H3,(H,20,23)(H2,18,21,24). The molecule has 1 aromatic carbocycles. The molecule has 3 rings (SSSR count). The maximum absolute atomic E-state index is 13.4. The van der Waals surface area contributed by atoms with E-state index < -0.39 is 11.6 Å². The molecule has 0 aliphatic heterocycles. The third kappa shape index (κ3) is 2.98. The minimum absolute atomic E-state index is 0.155. The first kappa shape index (κ1) is 15.7. The van der Waals surface area contributed by atoms with Gasteiger partial charge in [0.2, 0.25) is 0 Å². The van der Waals surface area contributed by atoms with Crippen LogP contribution in [0.5, 0.6) is 0 Å². The Bertz CT molecular complexity index is 940. The molecule has 2 aromatic heterocycles. The number of carbonyl (C=O) groups excluding carboxylic acids is 1. The highest BCUT2D eigenvalue weighted by molar-refractivity contribution is 5.92. The van der Waals surface area contributed by atoms with E-state index in [1.165, 1.54) is 18.3 Å². The zero-order valence-electron chi connectivity index (χ0n) is 13.1. The van der Waals surface area contributed by atoms with Crippen LogP contribution in [0.4, 0.5) is 4.39 Å². The summed E-state index contributed by atoms with van der Waals surface area (Å²) in [5.74, 6) is -0.750. The number of aromatic amines is 2. The second-order valence-electron chi connectivity index (χ2n) is 5.43. The predicted molar refractivity (Wildman–Crippen MR) is 85.6 cm³/mol. The number of imidazole rings is 1. The maximum atomic E-state index is 13.4. The summed E-state index contributed by atoms with van der Waals surface area (Å²) in [4.78, 5) is 27.9. The highest BCUT2D eigenvalue weighted by Crippen LogP contribution is 2.20. The van der Waals surface area contributed by atoms with E-state index in [0.29, 0.717) is 5.69 Å². The zero-order chi connectivity index (χ0) is 17.3. The molecule has 3 aromatic rings. The summed E-state index contributed by atoms with van der Waals surface area (Å²) in [7, 11) is 0. The van der Waals surface area contributed by atoms with E-state index in [-0.39, 0.29) is 17.6 Å². The van der Waals surface area contributed by atoms with E-state index in [9.17, 15) is 14.0 Å². The van der Waals surface area contributed by atoms with Crippen molar-refractivity contribution in [3.63, 3.8) is 0 Å². The molecular formula is C16H16FN5O2.